The third-order valence-corrected chi connectivity index (χ3v) is 6.06. The first-order valence-corrected chi connectivity index (χ1v) is 11.4. The minimum absolute atomic E-state index is 0.279. The van der Waals surface area contributed by atoms with Crippen LogP contribution in [-0.4, -0.2) is 41.3 Å². The van der Waals surface area contributed by atoms with Gasteiger partial charge in [-0.25, -0.2) is 14.9 Å². The van der Waals surface area contributed by atoms with Crippen molar-refractivity contribution >= 4 is 29.0 Å². The highest BCUT2D eigenvalue weighted by Gasteiger charge is 2.14. The topological polar surface area (TPSA) is 110 Å². The van der Waals surface area contributed by atoms with Crippen LogP contribution in [0.25, 0.3) is 11.6 Å². The molecule has 0 fully saturated rings. The van der Waals surface area contributed by atoms with E-state index in [-0.39, 0.29) is 5.56 Å². The molecule has 3 heterocycles. The lowest BCUT2D eigenvalue weighted by Crippen LogP contribution is -2.08. The molecule has 0 aliphatic rings. The van der Waals surface area contributed by atoms with E-state index in [1.807, 2.05) is 24.4 Å². The van der Waals surface area contributed by atoms with Crippen LogP contribution in [0.2, 0.25) is 0 Å². The Balaban J connectivity index is 1.70. The summed E-state index contributed by atoms with van der Waals surface area (Å²) in [5.74, 6) is 0.712. The number of rotatable bonds is 10. The number of aromatic amines is 1. The fourth-order valence-electron chi connectivity index (χ4n) is 3.47. The maximum atomic E-state index is 11.2. The van der Waals surface area contributed by atoms with Gasteiger partial charge in [-0.1, -0.05) is 31.5 Å². The van der Waals surface area contributed by atoms with Crippen molar-refractivity contribution in [2.45, 2.75) is 39.2 Å². The number of unbranched alkanes of at least 4 members (excludes halogenated alkanes) is 1. The van der Waals surface area contributed by atoms with E-state index in [9.17, 15) is 9.90 Å². The predicted molar refractivity (Wildman–Crippen MR) is 123 cm³/mol. The predicted octanol–water partition coefficient (Wildman–Crippen LogP) is 4.33. The van der Waals surface area contributed by atoms with Gasteiger partial charge < -0.3 is 9.67 Å². The number of hydrogen-bond acceptors (Lipinski definition) is 6. The molecule has 0 bridgehead atoms. The number of carbonyl (C=O) groups is 1. The fourth-order valence-corrected chi connectivity index (χ4v) is 4.20. The van der Waals surface area contributed by atoms with Crippen LogP contribution < -0.4 is 0 Å². The van der Waals surface area contributed by atoms with E-state index in [1.165, 1.54) is 4.88 Å². The Hall–Kier alpha value is -3.59. The second-order valence-corrected chi connectivity index (χ2v) is 8.50. The number of carboxylic acid groups (broad SMARTS) is 1. The zero-order valence-electron chi connectivity index (χ0n) is 17.7. The van der Waals surface area contributed by atoms with Gasteiger partial charge in [0.05, 0.1) is 17.5 Å². The quantitative estimate of drug-likeness (QED) is 0.374. The number of imidazole rings is 1. The largest absolute Gasteiger partial charge is 0.478 e. The van der Waals surface area contributed by atoms with Crippen LogP contribution in [0.3, 0.4) is 0 Å². The average Bonchev–Trinajstić information content (AvgIpc) is 3.56. The normalized spacial score (nSPS) is 11.7. The molecule has 0 saturated heterocycles. The average molecular weight is 449 g/mol. The molecule has 0 saturated carbocycles. The van der Waals surface area contributed by atoms with Gasteiger partial charge in [-0.2, -0.15) is 0 Å². The number of nitrogens with zero attached hydrogens (tertiary/aromatic N) is 5. The lowest BCUT2D eigenvalue weighted by atomic mass is 10.1. The smallest absolute Gasteiger partial charge is 0.335 e. The maximum Gasteiger partial charge on any atom is 0.335 e. The van der Waals surface area contributed by atoms with Crippen LogP contribution in [-0.2, 0) is 19.4 Å². The first-order valence-electron chi connectivity index (χ1n) is 10.5. The molecule has 164 valence electrons. The Morgan fingerprint density at radius 2 is 2.09 bits per heavy atom. The minimum atomic E-state index is -0.926. The molecule has 4 rings (SSSR count). The third kappa shape index (κ3) is 5.17. The number of hydrogen-bond donors (Lipinski definition) is 2. The monoisotopic (exact) mass is 448 g/mol. The molecule has 8 nitrogen and oxygen atoms in total. The summed E-state index contributed by atoms with van der Waals surface area (Å²) >= 11 is 1.69. The number of aromatic nitrogens is 6. The number of tetrazole rings is 1. The number of aromatic carboxylic acids is 1. The molecule has 0 amide bonds. The SMILES string of the molecule is CCCCc1ncc(/C=C(\Cc2cccs2)c2nnn[nH]2)n1Cc1ccc(C(=O)O)cc1. The van der Waals surface area contributed by atoms with Gasteiger partial charge in [0.25, 0.3) is 0 Å². The highest BCUT2D eigenvalue weighted by Crippen LogP contribution is 2.24. The number of benzene rings is 1. The van der Waals surface area contributed by atoms with Gasteiger partial charge in [0.2, 0.25) is 0 Å². The number of carboxylic acids is 1. The molecule has 0 radical (unpaired) electrons. The number of allylic oxidation sites excluding steroid dienone is 1. The van der Waals surface area contributed by atoms with Crippen LogP contribution in [0, 0.1) is 0 Å². The van der Waals surface area contributed by atoms with Crippen molar-refractivity contribution in [3.8, 4) is 0 Å². The van der Waals surface area contributed by atoms with Crippen molar-refractivity contribution in [2.24, 2.45) is 0 Å². The van der Waals surface area contributed by atoms with Crippen molar-refractivity contribution in [3.63, 3.8) is 0 Å². The van der Waals surface area contributed by atoms with Gasteiger partial charge in [0.1, 0.15) is 5.82 Å². The van der Waals surface area contributed by atoms with Crippen molar-refractivity contribution in [3.05, 3.63) is 81.3 Å². The van der Waals surface area contributed by atoms with E-state index in [1.54, 1.807) is 23.5 Å². The Morgan fingerprint density at radius 1 is 1.25 bits per heavy atom. The number of nitrogens with one attached hydrogen (secondary N) is 1. The van der Waals surface area contributed by atoms with E-state index in [2.05, 4.69) is 49.6 Å². The fraction of sp³-hybridized carbons (Fsp3) is 0.261. The Labute approximate surface area is 189 Å². The van der Waals surface area contributed by atoms with E-state index in [4.69, 9.17) is 4.98 Å². The highest BCUT2D eigenvalue weighted by atomic mass is 32.1. The van der Waals surface area contributed by atoms with Crippen LogP contribution in [0.15, 0.2) is 48.0 Å². The molecule has 2 N–H and O–H groups in total. The number of H-pyrrole nitrogens is 1. The summed E-state index contributed by atoms with van der Waals surface area (Å²) in [6, 6.07) is 11.1. The van der Waals surface area contributed by atoms with Crippen LogP contribution in [0.1, 0.15) is 57.9 Å². The standard InChI is InChI=1S/C23H24N6O2S/c1-2-3-6-21-24-14-19(29(21)15-16-7-9-17(10-8-16)23(30)31)12-18(22-25-27-28-26-22)13-20-5-4-11-32-20/h4-5,7-12,14H,2-3,6,13,15H2,1H3,(H,30,31)(H,25,26,27,28)/b18-12+. The van der Waals surface area contributed by atoms with Gasteiger partial charge in [-0.05, 0) is 52.1 Å². The molecular weight excluding hydrogens is 424 g/mol. The van der Waals surface area contributed by atoms with E-state index < -0.39 is 5.97 Å². The molecule has 32 heavy (non-hydrogen) atoms. The summed E-state index contributed by atoms with van der Waals surface area (Å²) in [6.45, 7) is 2.76. The molecule has 0 spiro atoms. The molecular formula is C23H24N6O2S. The number of thiophene rings is 1. The summed E-state index contributed by atoms with van der Waals surface area (Å²) in [4.78, 5) is 17.1. The zero-order chi connectivity index (χ0) is 22.3. The molecule has 4 aromatic rings. The summed E-state index contributed by atoms with van der Waals surface area (Å²) in [6.07, 6.45) is 7.68. The van der Waals surface area contributed by atoms with Gasteiger partial charge in [-0.3, -0.25) is 0 Å². The van der Waals surface area contributed by atoms with Crippen LogP contribution >= 0.6 is 11.3 Å². The van der Waals surface area contributed by atoms with E-state index >= 15 is 0 Å². The first kappa shape index (κ1) is 21.6. The molecule has 3 aromatic heterocycles. The second kappa shape index (κ2) is 10.1. The van der Waals surface area contributed by atoms with Gasteiger partial charge in [0.15, 0.2) is 5.82 Å². The summed E-state index contributed by atoms with van der Waals surface area (Å²) in [5.41, 5.74) is 3.23. The van der Waals surface area contributed by atoms with Gasteiger partial charge in [0, 0.05) is 29.8 Å². The van der Waals surface area contributed by atoms with Crippen molar-refractivity contribution in [1.29, 1.82) is 0 Å². The zero-order valence-corrected chi connectivity index (χ0v) is 18.5. The van der Waals surface area contributed by atoms with Gasteiger partial charge in [-0.15, -0.1) is 16.4 Å². The third-order valence-electron chi connectivity index (χ3n) is 5.18. The molecule has 1 aromatic carbocycles. The lowest BCUT2D eigenvalue weighted by molar-refractivity contribution is 0.0697. The summed E-state index contributed by atoms with van der Waals surface area (Å²) < 4.78 is 2.18. The second-order valence-electron chi connectivity index (χ2n) is 7.47. The number of aryl methyl sites for hydroxylation is 1. The van der Waals surface area contributed by atoms with Crippen LogP contribution in [0.5, 0.6) is 0 Å². The first-order chi connectivity index (χ1) is 15.6. The lowest BCUT2D eigenvalue weighted by Gasteiger charge is -2.12. The van der Waals surface area contributed by atoms with Crippen LogP contribution in [0.4, 0.5) is 0 Å². The van der Waals surface area contributed by atoms with Crippen molar-refractivity contribution < 1.29 is 9.90 Å². The Morgan fingerprint density at radius 3 is 2.75 bits per heavy atom. The Kier molecular flexibility index (Phi) is 6.86. The minimum Gasteiger partial charge on any atom is -0.478 e. The summed E-state index contributed by atoms with van der Waals surface area (Å²) in [5, 5.41) is 25.7. The van der Waals surface area contributed by atoms with E-state index in [0.717, 1.165) is 41.9 Å². The summed E-state index contributed by atoms with van der Waals surface area (Å²) in [7, 11) is 0. The molecule has 0 atom stereocenters. The molecule has 0 unspecified atom stereocenters. The molecule has 9 heteroatoms. The van der Waals surface area contributed by atoms with Crippen molar-refractivity contribution in [1.82, 2.24) is 30.2 Å². The highest BCUT2D eigenvalue weighted by molar-refractivity contribution is 7.10. The maximum absolute atomic E-state index is 11.2. The van der Waals surface area contributed by atoms with E-state index in [0.29, 0.717) is 18.8 Å². The molecule has 0 aliphatic heterocycles. The Bertz CT molecular complexity index is 1180. The van der Waals surface area contributed by atoms with Gasteiger partial charge >= 0.3 is 5.97 Å². The molecule has 0 aliphatic carbocycles. The van der Waals surface area contributed by atoms with Crippen molar-refractivity contribution in [2.75, 3.05) is 0 Å².